The molecule has 1 aliphatic heterocycles. The van der Waals surface area contributed by atoms with Crippen LogP contribution in [0.2, 0.25) is 0 Å². The van der Waals surface area contributed by atoms with E-state index in [9.17, 15) is 27.5 Å². The molecule has 3 unspecified atom stereocenters. The monoisotopic (exact) mass is 576 g/mol. The molecule has 1 fully saturated rings. The number of halogens is 6. The fraction of sp³-hybridized carbons (Fsp3) is 0.323. The van der Waals surface area contributed by atoms with E-state index in [-0.39, 0.29) is 49.0 Å². The second kappa shape index (κ2) is 11.7. The Labute approximate surface area is 232 Å². The molecule has 0 aromatic heterocycles. The standard InChI is InChI=1S/C31H26F6O4/c1-2-3-23(38)20-11-13-22(30(37)28(20)35)31(39)41-16-6-4-15(5-7-16)17-8-9-18(26(33)25(17)32)19-10-12-21(24-14-40-24)29(36)27(19)34/h4,8-13,16,23-24,38H,2-3,5-7,14H2,1H3. The van der Waals surface area contributed by atoms with Crippen LogP contribution in [0.3, 0.4) is 0 Å². The van der Waals surface area contributed by atoms with Crippen molar-refractivity contribution in [3.05, 3.63) is 99.6 Å². The zero-order valence-corrected chi connectivity index (χ0v) is 22.0. The van der Waals surface area contributed by atoms with Gasteiger partial charge in [0.1, 0.15) is 12.2 Å². The number of allylic oxidation sites excluding steroid dienone is 1. The maximum atomic E-state index is 15.1. The van der Waals surface area contributed by atoms with Crippen LogP contribution in [-0.4, -0.2) is 23.8 Å². The molecule has 41 heavy (non-hydrogen) atoms. The summed E-state index contributed by atoms with van der Waals surface area (Å²) < 4.78 is 98.6. The van der Waals surface area contributed by atoms with Crippen LogP contribution >= 0.6 is 0 Å². The smallest absolute Gasteiger partial charge is 0.341 e. The van der Waals surface area contributed by atoms with Crippen molar-refractivity contribution in [2.45, 2.75) is 57.3 Å². The van der Waals surface area contributed by atoms with Crippen molar-refractivity contribution in [3.63, 3.8) is 0 Å². The van der Waals surface area contributed by atoms with E-state index in [1.165, 1.54) is 24.3 Å². The second-order valence-corrected chi connectivity index (χ2v) is 10.1. The molecule has 4 nitrogen and oxygen atoms in total. The molecule has 3 atom stereocenters. The Kier molecular flexibility index (Phi) is 8.24. The number of rotatable bonds is 8. The number of aliphatic hydroxyl groups excluding tert-OH is 1. The minimum Gasteiger partial charge on any atom is -0.458 e. The Bertz CT molecular complexity index is 1530. The van der Waals surface area contributed by atoms with Gasteiger partial charge in [-0.1, -0.05) is 49.8 Å². The Morgan fingerprint density at radius 1 is 0.902 bits per heavy atom. The van der Waals surface area contributed by atoms with Gasteiger partial charge in [0, 0.05) is 34.2 Å². The largest absolute Gasteiger partial charge is 0.458 e. The highest BCUT2D eigenvalue weighted by molar-refractivity contribution is 5.90. The molecule has 0 radical (unpaired) electrons. The summed E-state index contributed by atoms with van der Waals surface area (Å²) in [5.41, 5.74) is -1.36. The third-order valence-electron chi connectivity index (χ3n) is 7.40. The number of hydrogen-bond donors (Lipinski definition) is 1. The van der Waals surface area contributed by atoms with Crippen molar-refractivity contribution in [1.82, 2.24) is 0 Å². The molecule has 1 aliphatic carbocycles. The molecule has 3 aromatic carbocycles. The fourth-order valence-corrected chi connectivity index (χ4v) is 5.04. The van der Waals surface area contributed by atoms with Crippen molar-refractivity contribution >= 4 is 11.5 Å². The lowest BCUT2D eigenvalue weighted by Gasteiger charge is -2.23. The normalized spacial score (nSPS) is 19.1. The van der Waals surface area contributed by atoms with Crippen molar-refractivity contribution < 1.29 is 45.7 Å². The molecular formula is C31H26F6O4. The van der Waals surface area contributed by atoms with E-state index in [1.54, 1.807) is 13.0 Å². The highest BCUT2D eigenvalue weighted by Gasteiger charge is 2.31. The molecule has 0 bridgehead atoms. The van der Waals surface area contributed by atoms with Crippen LogP contribution in [0, 0.1) is 34.9 Å². The lowest BCUT2D eigenvalue weighted by molar-refractivity contribution is 0.0278. The van der Waals surface area contributed by atoms with E-state index in [1.807, 2.05) is 0 Å². The van der Waals surface area contributed by atoms with Crippen LogP contribution < -0.4 is 0 Å². The van der Waals surface area contributed by atoms with Gasteiger partial charge in [0.25, 0.3) is 0 Å². The summed E-state index contributed by atoms with van der Waals surface area (Å²) >= 11 is 0. The number of esters is 1. The SMILES string of the molecule is CCCC(O)c1ccc(C(=O)OC2CC=C(c3ccc(-c4ccc(C5CO5)c(F)c4F)c(F)c3F)CC2)c(F)c1F. The average Bonchev–Trinajstić information content (AvgIpc) is 3.79. The quantitative estimate of drug-likeness (QED) is 0.168. The summed E-state index contributed by atoms with van der Waals surface area (Å²) in [7, 11) is 0. The number of aliphatic hydroxyl groups is 1. The van der Waals surface area contributed by atoms with Crippen molar-refractivity contribution in [2.75, 3.05) is 6.61 Å². The Morgan fingerprint density at radius 2 is 1.54 bits per heavy atom. The first kappa shape index (κ1) is 28.9. The molecule has 1 saturated heterocycles. The maximum Gasteiger partial charge on any atom is 0.341 e. The molecule has 0 spiro atoms. The molecule has 216 valence electrons. The molecule has 1 N–H and O–H groups in total. The van der Waals surface area contributed by atoms with Crippen LogP contribution in [0.1, 0.15) is 78.3 Å². The van der Waals surface area contributed by atoms with Gasteiger partial charge in [0.2, 0.25) is 0 Å². The molecule has 0 saturated carbocycles. The highest BCUT2D eigenvalue weighted by Crippen LogP contribution is 2.38. The predicted molar refractivity (Wildman–Crippen MR) is 138 cm³/mol. The van der Waals surface area contributed by atoms with Crippen LogP contribution in [0.25, 0.3) is 16.7 Å². The van der Waals surface area contributed by atoms with Gasteiger partial charge in [-0.3, -0.25) is 0 Å². The molecule has 5 rings (SSSR count). The van der Waals surface area contributed by atoms with Gasteiger partial charge in [0.05, 0.1) is 18.3 Å². The van der Waals surface area contributed by atoms with E-state index >= 15 is 8.78 Å². The first-order valence-electron chi connectivity index (χ1n) is 13.3. The molecular weight excluding hydrogens is 550 g/mol. The number of carbonyl (C=O) groups is 1. The fourth-order valence-electron chi connectivity index (χ4n) is 5.04. The number of carbonyl (C=O) groups excluding carboxylic acids is 1. The predicted octanol–water partition coefficient (Wildman–Crippen LogP) is 7.89. The first-order valence-corrected chi connectivity index (χ1v) is 13.3. The number of benzene rings is 3. The van der Waals surface area contributed by atoms with Gasteiger partial charge < -0.3 is 14.6 Å². The Hall–Kier alpha value is -3.63. The summed E-state index contributed by atoms with van der Waals surface area (Å²) in [5.74, 6) is -8.86. The van der Waals surface area contributed by atoms with Gasteiger partial charge in [0.15, 0.2) is 34.9 Å². The van der Waals surface area contributed by atoms with Crippen molar-refractivity contribution in [2.24, 2.45) is 0 Å². The zero-order valence-electron chi connectivity index (χ0n) is 22.0. The van der Waals surface area contributed by atoms with Gasteiger partial charge in [-0.25, -0.2) is 31.1 Å². The van der Waals surface area contributed by atoms with Gasteiger partial charge in [-0.15, -0.1) is 0 Å². The van der Waals surface area contributed by atoms with Crippen molar-refractivity contribution in [3.8, 4) is 11.1 Å². The second-order valence-electron chi connectivity index (χ2n) is 10.1. The first-order chi connectivity index (χ1) is 19.6. The van der Waals surface area contributed by atoms with Crippen LogP contribution in [-0.2, 0) is 9.47 Å². The average molecular weight is 577 g/mol. The summed E-state index contributed by atoms with van der Waals surface area (Å²) in [5, 5.41) is 9.98. The van der Waals surface area contributed by atoms with Crippen molar-refractivity contribution in [1.29, 1.82) is 0 Å². The Balaban J connectivity index is 1.29. The minimum absolute atomic E-state index is 0.0158. The van der Waals surface area contributed by atoms with E-state index < -0.39 is 75.9 Å². The third kappa shape index (κ3) is 5.63. The molecule has 0 amide bonds. The summed E-state index contributed by atoms with van der Waals surface area (Å²) in [6, 6.07) is 7.11. The van der Waals surface area contributed by atoms with Crippen LogP contribution in [0.15, 0.2) is 42.5 Å². The van der Waals surface area contributed by atoms with Crippen LogP contribution in [0.5, 0.6) is 0 Å². The number of hydrogen-bond acceptors (Lipinski definition) is 4. The summed E-state index contributed by atoms with van der Waals surface area (Å²) in [6.07, 6.45) is 0.315. The van der Waals surface area contributed by atoms with Gasteiger partial charge in [-0.2, -0.15) is 0 Å². The lowest BCUT2D eigenvalue weighted by Crippen LogP contribution is -2.21. The summed E-state index contributed by atoms with van der Waals surface area (Å²) in [4.78, 5) is 12.5. The third-order valence-corrected chi connectivity index (χ3v) is 7.40. The van der Waals surface area contributed by atoms with E-state index in [2.05, 4.69) is 0 Å². The zero-order chi connectivity index (χ0) is 29.4. The number of epoxide rings is 1. The summed E-state index contributed by atoms with van der Waals surface area (Å²) in [6.45, 7) is 2.04. The molecule has 10 heteroatoms. The Morgan fingerprint density at radius 3 is 2.17 bits per heavy atom. The molecule has 3 aromatic rings. The van der Waals surface area contributed by atoms with E-state index in [4.69, 9.17) is 9.47 Å². The molecule has 1 heterocycles. The van der Waals surface area contributed by atoms with E-state index in [0.717, 1.165) is 12.1 Å². The number of ether oxygens (including phenoxy) is 2. The van der Waals surface area contributed by atoms with E-state index in [0.29, 0.717) is 12.0 Å². The van der Waals surface area contributed by atoms with Gasteiger partial charge >= 0.3 is 5.97 Å². The highest BCUT2D eigenvalue weighted by atomic mass is 19.2. The lowest BCUT2D eigenvalue weighted by atomic mass is 9.90. The van der Waals surface area contributed by atoms with Crippen LogP contribution in [0.4, 0.5) is 26.3 Å². The molecule has 2 aliphatic rings. The van der Waals surface area contributed by atoms with Gasteiger partial charge in [-0.05, 0) is 30.9 Å². The minimum atomic E-state index is -1.42. The maximum absolute atomic E-state index is 15.1. The topological polar surface area (TPSA) is 59.1 Å².